The average Bonchev–Trinajstić information content (AvgIpc) is 4.06. The van der Waals surface area contributed by atoms with E-state index in [1.807, 2.05) is 36.4 Å². The van der Waals surface area contributed by atoms with Gasteiger partial charge < -0.3 is 9.13 Å². The molecule has 70 heavy (non-hydrogen) atoms. The number of rotatable bonds is 7. The maximum atomic E-state index is 5.29. The van der Waals surface area contributed by atoms with E-state index in [-0.39, 0.29) is 7.43 Å². The van der Waals surface area contributed by atoms with Gasteiger partial charge in [-0.1, -0.05) is 189 Å². The van der Waals surface area contributed by atoms with E-state index < -0.39 is 0 Å². The molecule has 0 aliphatic carbocycles. The van der Waals surface area contributed by atoms with Gasteiger partial charge in [0.2, 0.25) is 5.95 Å². The Balaban J connectivity index is 0.00000480. The quantitative estimate of drug-likeness (QED) is 0.160. The summed E-state index contributed by atoms with van der Waals surface area (Å²) < 4.78 is 7.06. The number of aromatic nitrogens is 6. The van der Waals surface area contributed by atoms with Crippen LogP contribution in [0.5, 0.6) is 0 Å². The third-order valence-electron chi connectivity index (χ3n) is 13.7. The van der Waals surface area contributed by atoms with Crippen LogP contribution in [0.25, 0.3) is 128 Å². The zero-order chi connectivity index (χ0) is 45.4. The molecule has 0 bridgehead atoms. The number of nitrogens with zero attached hydrogens (tertiary/aromatic N) is 6. The second-order valence-electron chi connectivity index (χ2n) is 17.7. The molecule has 0 N–H and O–H groups in total. The second kappa shape index (κ2) is 16.4. The van der Waals surface area contributed by atoms with Crippen molar-refractivity contribution >= 4 is 65.4 Å². The molecule has 0 aliphatic heterocycles. The Hall–Kier alpha value is -9.39. The Kier molecular flexibility index (Phi) is 9.59. The third kappa shape index (κ3) is 6.53. The van der Waals surface area contributed by atoms with Crippen LogP contribution in [0.4, 0.5) is 0 Å². The van der Waals surface area contributed by atoms with Crippen molar-refractivity contribution in [3.05, 3.63) is 243 Å². The van der Waals surface area contributed by atoms with Crippen LogP contribution >= 0.6 is 0 Å². The lowest BCUT2D eigenvalue weighted by Crippen LogP contribution is -2.06. The summed E-state index contributed by atoms with van der Waals surface area (Å²) in [6.45, 7) is 0. The molecule has 0 aliphatic rings. The first kappa shape index (κ1) is 40.8. The largest absolute Gasteiger partial charge is 0.309 e. The molecule has 0 atom stereocenters. The molecular formula is C64H44N6. The van der Waals surface area contributed by atoms with Gasteiger partial charge in [-0.3, -0.25) is 4.57 Å². The highest BCUT2D eigenvalue weighted by Gasteiger charge is 2.22. The molecule has 0 saturated heterocycles. The highest BCUT2D eigenvalue weighted by atomic mass is 15.2. The summed E-state index contributed by atoms with van der Waals surface area (Å²) in [6, 6.07) is 86.5. The number of hydrogen-bond acceptors (Lipinski definition) is 3. The van der Waals surface area contributed by atoms with E-state index in [4.69, 9.17) is 15.0 Å². The minimum Gasteiger partial charge on any atom is -0.309 e. The fourth-order valence-corrected chi connectivity index (χ4v) is 10.5. The van der Waals surface area contributed by atoms with Gasteiger partial charge in [-0.2, -0.15) is 9.97 Å². The van der Waals surface area contributed by atoms with Gasteiger partial charge in [0.1, 0.15) is 0 Å². The smallest absolute Gasteiger partial charge is 0.238 e. The van der Waals surface area contributed by atoms with Crippen molar-refractivity contribution in [3.8, 4) is 62.4 Å². The van der Waals surface area contributed by atoms with Gasteiger partial charge in [0, 0.05) is 54.8 Å². The van der Waals surface area contributed by atoms with Crippen LogP contribution in [0.15, 0.2) is 243 Å². The molecule has 0 unspecified atom stereocenters. The Morgan fingerprint density at radius 1 is 0.229 bits per heavy atom. The van der Waals surface area contributed by atoms with Gasteiger partial charge in [-0.05, 0) is 82.9 Å². The topological polar surface area (TPSA) is 53.5 Å². The molecule has 14 rings (SSSR count). The molecule has 0 amide bonds. The van der Waals surface area contributed by atoms with Gasteiger partial charge in [-0.15, -0.1) is 0 Å². The van der Waals surface area contributed by atoms with Crippen LogP contribution in [0, 0.1) is 0 Å². The van der Waals surface area contributed by atoms with Crippen LogP contribution in [-0.2, 0) is 0 Å². The van der Waals surface area contributed by atoms with E-state index in [1.165, 1.54) is 43.8 Å². The third-order valence-corrected chi connectivity index (χ3v) is 13.7. The first-order valence-electron chi connectivity index (χ1n) is 23.4. The van der Waals surface area contributed by atoms with Crippen LogP contribution in [0.2, 0.25) is 0 Å². The summed E-state index contributed by atoms with van der Waals surface area (Å²) in [4.78, 5) is 15.6. The van der Waals surface area contributed by atoms with Crippen molar-refractivity contribution in [1.82, 2.24) is 28.7 Å². The number of fused-ring (bicyclic) bond motifs is 9. The normalized spacial score (nSPS) is 11.6. The predicted octanol–water partition coefficient (Wildman–Crippen LogP) is 16.5. The van der Waals surface area contributed by atoms with Crippen LogP contribution < -0.4 is 0 Å². The van der Waals surface area contributed by atoms with Crippen LogP contribution in [0.3, 0.4) is 0 Å². The van der Waals surface area contributed by atoms with E-state index in [0.717, 1.165) is 66.4 Å². The van der Waals surface area contributed by atoms with Gasteiger partial charge in [0.15, 0.2) is 11.6 Å². The molecule has 0 fully saturated rings. The van der Waals surface area contributed by atoms with E-state index in [1.54, 1.807) is 0 Å². The van der Waals surface area contributed by atoms with Crippen LogP contribution in [-0.4, -0.2) is 28.7 Å². The Morgan fingerprint density at radius 2 is 0.586 bits per heavy atom. The van der Waals surface area contributed by atoms with Gasteiger partial charge in [0.25, 0.3) is 0 Å². The fourth-order valence-electron chi connectivity index (χ4n) is 10.5. The summed E-state index contributed by atoms with van der Waals surface area (Å²) in [5, 5.41) is 7.02. The Labute approximate surface area is 404 Å². The molecule has 6 heteroatoms. The maximum absolute atomic E-state index is 5.29. The van der Waals surface area contributed by atoms with Crippen LogP contribution in [0.1, 0.15) is 7.43 Å². The molecule has 10 aromatic carbocycles. The SMILES string of the molecule is C.c1ccc(-c2ccc3c4ccccc4n(-c4ccc5c(c4)c4cc(-n6c7ccccc7c7ccc(-c8ccccc8)cc76)ccc4n5-c4nc(-c5ccccc5)nc(-c5ccccc5)n4)c3c2)cc1. The molecule has 0 saturated carbocycles. The van der Waals surface area contributed by atoms with E-state index in [0.29, 0.717) is 17.6 Å². The molecule has 4 heterocycles. The van der Waals surface area contributed by atoms with Gasteiger partial charge >= 0.3 is 0 Å². The lowest BCUT2D eigenvalue weighted by molar-refractivity contribution is 0.953. The van der Waals surface area contributed by atoms with Crippen molar-refractivity contribution in [2.45, 2.75) is 7.43 Å². The summed E-state index contributed by atoms with van der Waals surface area (Å²) in [7, 11) is 0. The summed E-state index contributed by atoms with van der Waals surface area (Å²) in [6.07, 6.45) is 0. The second-order valence-corrected chi connectivity index (χ2v) is 17.7. The number of benzene rings is 10. The van der Waals surface area contributed by atoms with Crippen molar-refractivity contribution in [3.63, 3.8) is 0 Å². The molecular weight excluding hydrogens is 853 g/mol. The standard InChI is InChI=1S/C63H40N6.CH4/c1-5-17-41(18-6-1)45-29-33-51-49-25-13-15-27-55(49)67(59(51)37-45)47-31-35-57-53(39-47)54-40-48(68-56-28-16-14-26-50(56)52-34-30-46(38-60(52)68)42-19-7-2-8-20-42)32-36-58(54)69(57)63-65-61(43-21-9-3-10-22-43)64-62(66-63)44-23-11-4-12-24-44;/h1-40H;1H4. The van der Waals surface area contributed by atoms with Crippen molar-refractivity contribution < 1.29 is 0 Å². The van der Waals surface area contributed by atoms with Gasteiger partial charge in [0.05, 0.1) is 33.1 Å². The van der Waals surface area contributed by atoms with Crippen molar-refractivity contribution in [2.75, 3.05) is 0 Å². The zero-order valence-corrected chi connectivity index (χ0v) is 37.3. The van der Waals surface area contributed by atoms with E-state index >= 15 is 0 Å². The number of para-hydroxylation sites is 2. The van der Waals surface area contributed by atoms with E-state index in [9.17, 15) is 0 Å². The lowest BCUT2D eigenvalue weighted by atomic mass is 10.0. The summed E-state index contributed by atoms with van der Waals surface area (Å²) >= 11 is 0. The molecule has 4 aromatic heterocycles. The van der Waals surface area contributed by atoms with E-state index in [2.05, 4.69) is 220 Å². The summed E-state index contributed by atoms with van der Waals surface area (Å²) in [5.74, 6) is 1.78. The molecule has 6 nitrogen and oxygen atoms in total. The molecule has 0 radical (unpaired) electrons. The minimum atomic E-state index is 0. The molecule has 0 spiro atoms. The monoisotopic (exact) mass is 896 g/mol. The number of hydrogen-bond donors (Lipinski definition) is 0. The highest BCUT2D eigenvalue weighted by molar-refractivity contribution is 6.14. The molecule has 330 valence electrons. The maximum Gasteiger partial charge on any atom is 0.238 e. The van der Waals surface area contributed by atoms with Crippen molar-refractivity contribution in [1.29, 1.82) is 0 Å². The van der Waals surface area contributed by atoms with Crippen molar-refractivity contribution in [2.24, 2.45) is 0 Å². The minimum absolute atomic E-state index is 0. The zero-order valence-electron chi connectivity index (χ0n) is 37.3. The average molecular weight is 897 g/mol. The molecule has 14 aromatic rings. The first-order chi connectivity index (χ1) is 34.2. The predicted molar refractivity (Wildman–Crippen MR) is 291 cm³/mol. The highest BCUT2D eigenvalue weighted by Crippen LogP contribution is 2.41. The van der Waals surface area contributed by atoms with Gasteiger partial charge in [-0.25, -0.2) is 4.98 Å². The lowest BCUT2D eigenvalue weighted by Gasteiger charge is -2.12. The summed E-state index contributed by atoms with van der Waals surface area (Å²) in [5.41, 5.74) is 15.3. The fraction of sp³-hybridized carbons (Fsp3) is 0.0156. The Morgan fingerprint density at radius 3 is 1.01 bits per heavy atom. The Bertz CT molecular complexity index is 4010. The first-order valence-corrected chi connectivity index (χ1v) is 23.4.